The molecule has 8 heteroatoms. The van der Waals surface area contributed by atoms with Crippen LogP contribution in [0.15, 0.2) is 121 Å². The van der Waals surface area contributed by atoms with Crippen LogP contribution in [0.2, 0.25) is 0 Å². The van der Waals surface area contributed by atoms with Crippen LogP contribution in [0.4, 0.5) is 22.7 Å². The molecule has 0 radical (unpaired) electrons. The molecular formula is C44H34N8. The summed E-state index contributed by atoms with van der Waals surface area (Å²) < 4.78 is 0. The summed E-state index contributed by atoms with van der Waals surface area (Å²) in [5.74, 6) is 0. The number of benzene rings is 4. The summed E-state index contributed by atoms with van der Waals surface area (Å²) in [7, 11) is 0. The molecule has 10 N–H and O–H groups in total. The van der Waals surface area contributed by atoms with Gasteiger partial charge in [0.05, 0.1) is 22.8 Å². The maximum atomic E-state index is 6.67. The third-order valence-corrected chi connectivity index (χ3v) is 9.67. The molecule has 8 bridgehead atoms. The van der Waals surface area contributed by atoms with E-state index >= 15 is 0 Å². The highest BCUT2D eigenvalue weighted by Gasteiger charge is 2.21. The van der Waals surface area contributed by atoms with Gasteiger partial charge in [-0.15, -0.1) is 0 Å². The molecule has 3 aromatic heterocycles. The number of hydrogen-bond donors (Lipinski definition) is 6. The molecule has 9 rings (SSSR count). The lowest BCUT2D eigenvalue weighted by atomic mass is 10.0. The first-order valence-electron chi connectivity index (χ1n) is 17.0. The van der Waals surface area contributed by atoms with Crippen molar-refractivity contribution in [2.24, 2.45) is 0 Å². The highest BCUT2D eigenvalue weighted by Crippen LogP contribution is 2.41. The largest absolute Gasteiger partial charge is 0.398 e. The van der Waals surface area contributed by atoms with E-state index in [1.54, 1.807) is 0 Å². The Bertz CT molecular complexity index is 2430. The SMILES string of the molecule is Nc1ccccc1-c1c2nc(c(-c3ccccc3N)c3ccc([nH]3)c(-c3ccccc3N)c3nc(c(-c4ccccc4N)c4ccc1[nH]4)C=C3)C=C2. The molecule has 8 nitrogen and oxygen atoms in total. The van der Waals surface area contributed by atoms with Crippen molar-refractivity contribution in [3.8, 4) is 44.5 Å². The molecule has 2 aliphatic heterocycles. The van der Waals surface area contributed by atoms with Crippen LogP contribution in [0.25, 0.3) is 90.9 Å². The molecule has 0 amide bonds. The number of anilines is 4. The van der Waals surface area contributed by atoms with E-state index in [2.05, 4.69) is 34.2 Å². The number of nitrogens with zero attached hydrogens (tertiary/aromatic N) is 2. The highest BCUT2D eigenvalue weighted by molar-refractivity contribution is 6.03. The second-order valence-corrected chi connectivity index (χ2v) is 12.9. The average Bonchev–Trinajstić information content (AvgIpc) is 3.99. The van der Waals surface area contributed by atoms with Crippen LogP contribution in [0.3, 0.4) is 0 Å². The van der Waals surface area contributed by atoms with Crippen LogP contribution in [0, 0.1) is 0 Å². The zero-order valence-electron chi connectivity index (χ0n) is 28.1. The average molecular weight is 675 g/mol. The molecule has 7 aromatic rings. The summed E-state index contributed by atoms with van der Waals surface area (Å²) in [6.45, 7) is 0. The molecule has 2 aliphatic rings. The van der Waals surface area contributed by atoms with E-state index < -0.39 is 0 Å². The van der Waals surface area contributed by atoms with E-state index in [-0.39, 0.29) is 0 Å². The Labute approximate surface area is 299 Å². The fraction of sp³-hybridized carbons (Fsp3) is 0. The van der Waals surface area contributed by atoms with Crippen molar-refractivity contribution >= 4 is 69.1 Å². The van der Waals surface area contributed by atoms with Gasteiger partial charge in [-0.2, -0.15) is 0 Å². The summed E-state index contributed by atoms with van der Waals surface area (Å²) >= 11 is 0. The summed E-state index contributed by atoms with van der Waals surface area (Å²) in [4.78, 5) is 18.1. The Hall–Kier alpha value is -7.32. The number of aromatic nitrogens is 4. The lowest BCUT2D eigenvalue weighted by molar-refractivity contribution is 1.31. The van der Waals surface area contributed by atoms with Gasteiger partial charge in [0, 0.05) is 89.3 Å². The lowest BCUT2D eigenvalue weighted by Crippen LogP contribution is -1.95. The number of nitrogen functional groups attached to an aromatic ring is 4. The molecular weight excluding hydrogens is 641 g/mol. The van der Waals surface area contributed by atoms with Crippen molar-refractivity contribution in [2.75, 3.05) is 22.9 Å². The van der Waals surface area contributed by atoms with E-state index in [9.17, 15) is 0 Å². The number of H-pyrrole nitrogens is 2. The molecule has 5 heterocycles. The van der Waals surface area contributed by atoms with E-state index in [0.717, 1.165) is 89.4 Å². The van der Waals surface area contributed by atoms with Gasteiger partial charge >= 0.3 is 0 Å². The van der Waals surface area contributed by atoms with Gasteiger partial charge in [-0.05, 0) is 72.8 Å². The number of nitrogens with one attached hydrogen (secondary N) is 2. The van der Waals surface area contributed by atoms with Gasteiger partial charge in [0.1, 0.15) is 0 Å². The van der Waals surface area contributed by atoms with Crippen molar-refractivity contribution < 1.29 is 0 Å². The van der Waals surface area contributed by atoms with Crippen molar-refractivity contribution in [3.63, 3.8) is 0 Å². The van der Waals surface area contributed by atoms with Crippen molar-refractivity contribution in [1.82, 2.24) is 19.9 Å². The number of hydrogen-bond acceptors (Lipinski definition) is 6. The minimum absolute atomic E-state index is 0.639. The summed E-state index contributed by atoms with van der Waals surface area (Å²) in [5, 5.41) is 0. The number of rotatable bonds is 4. The fourth-order valence-corrected chi connectivity index (χ4v) is 7.24. The molecule has 250 valence electrons. The number of nitrogens with two attached hydrogens (primary N) is 4. The Balaban J connectivity index is 1.51. The molecule has 0 spiro atoms. The van der Waals surface area contributed by atoms with Gasteiger partial charge in [0.2, 0.25) is 0 Å². The Morgan fingerprint density at radius 1 is 0.308 bits per heavy atom. The van der Waals surface area contributed by atoms with E-state index in [1.807, 2.05) is 121 Å². The molecule has 0 atom stereocenters. The van der Waals surface area contributed by atoms with Crippen LogP contribution in [-0.4, -0.2) is 19.9 Å². The van der Waals surface area contributed by atoms with Gasteiger partial charge in [0.25, 0.3) is 0 Å². The summed E-state index contributed by atoms with van der Waals surface area (Å²) in [6, 6.07) is 39.6. The van der Waals surface area contributed by atoms with Crippen LogP contribution >= 0.6 is 0 Å². The van der Waals surface area contributed by atoms with Gasteiger partial charge in [-0.1, -0.05) is 72.8 Å². The second-order valence-electron chi connectivity index (χ2n) is 12.9. The quantitative estimate of drug-likeness (QED) is 0.102. The topological polar surface area (TPSA) is 161 Å². The Morgan fingerprint density at radius 2 is 0.538 bits per heavy atom. The van der Waals surface area contributed by atoms with Crippen molar-refractivity contribution in [3.05, 3.63) is 144 Å². The summed E-state index contributed by atoms with van der Waals surface area (Å²) in [6.07, 6.45) is 8.13. The number of aromatic amines is 2. The third kappa shape index (κ3) is 5.09. The number of para-hydroxylation sites is 4. The van der Waals surface area contributed by atoms with Gasteiger partial charge in [-0.25, -0.2) is 9.97 Å². The van der Waals surface area contributed by atoms with Crippen molar-refractivity contribution in [1.29, 1.82) is 0 Å². The standard InChI is InChI=1S/C44H34N8/c45-29-13-5-1-9-25(29)41-33-17-19-35(49-33)42(26-10-2-6-14-30(26)46)37-21-23-39(51-37)44(28-12-4-8-16-32(28)48)40-24-22-38(52-40)43(36-20-18-34(41)50-36)27-11-3-7-15-31(27)47/h1-24,49,52H,45-48H2. The minimum atomic E-state index is 0.639. The predicted molar refractivity (Wildman–Crippen MR) is 218 cm³/mol. The zero-order chi connectivity index (χ0) is 35.3. The van der Waals surface area contributed by atoms with E-state index in [0.29, 0.717) is 22.7 Å². The maximum absolute atomic E-state index is 6.67. The normalized spacial score (nSPS) is 12.0. The first kappa shape index (κ1) is 30.7. The van der Waals surface area contributed by atoms with Gasteiger partial charge in [0.15, 0.2) is 0 Å². The van der Waals surface area contributed by atoms with Crippen LogP contribution in [0.1, 0.15) is 22.8 Å². The Kier molecular flexibility index (Phi) is 7.22. The Morgan fingerprint density at radius 3 is 0.769 bits per heavy atom. The number of fused-ring (bicyclic) bond motifs is 8. The van der Waals surface area contributed by atoms with Crippen LogP contribution < -0.4 is 22.9 Å². The fourth-order valence-electron chi connectivity index (χ4n) is 7.24. The van der Waals surface area contributed by atoms with E-state index in [4.69, 9.17) is 32.9 Å². The van der Waals surface area contributed by atoms with Crippen LogP contribution in [0.5, 0.6) is 0 Å². The van der Waals surface area contributed by atoms with Crippen molar-refractivity contribution in [2.45, 2.75) is 0 Å². The molecule has 0 saturated heterocycles. The zero-order valence-corrected chi connectivity index (χ0v) is 28.1. The molecule has 0 aliphatic carbocycles. The van der Waals surface area contributed by atoms with Crippen LogP contribution in [-0.2, 0) is 0 Å². The predicted octanol–water partition coefficient (Wildman–Crippen LogP) is 9.65. The third-order valence-electron chi connectivity index (χ3n) is 9.67. The lowest BCUT2D eigenvalue weighted by Gasteiger charge is -2.10. The molecule has 0 saturated carbocycles. The maximum Gasteiger partial charge on any atom is 0.0738 e. The first-order valence-corrected chi connectivity index (χ1v) is 17.0. The second kappa shape index (κ2) is 12.2. The van der Waals surface area contributed by atoms with Gasteiger partial charge < -0.3 is 32.9 Å². The minimum Gasteiger partial charge on any atom is -0.398 e. The monoisotopic (exact) mass is 674 g/mol. The highest BCUT2D eigenvalue weighted by atomic mass is 14.8. The first-order chi connectivity index (χ1) is 25.4. The van der Waals surface area contributed by atoms with Gasteiger partial charge in [-0.3, -0.25) is 0 Å². The van der Waals surface area contributed by atoms with E-state index in [1.165, 1.54) is 0 Å². The molecule has 0 fully saturated rings. The smallest absolute Gasteiger partial charge is 0.0738 e. The molecule has 52 heavy (non-hydrogen) atoms. The molecule has 0 unspecified atom stereocenters. The molecule has 4 aromatic carbocycles. The summed E-state index contributed by atoms with van der Waals surface area (Å²) in [5.41, 5.74) is 42.5.